The third kappa shape index (κ3) is 6.09. The summed E-state index contributed by atoms with van der Waals surface area (Å²) in [5.41, 5.74) is 1.08. The molecule has 6 nitrogen and oxygen atoms in total. The van der Waals surface area contributed by atoms with E-state index in [1.165, 1.54) is 38.3 Å². The summed E-state index contributed by atoms with van der Waals surface area (Å²) < 4.78 is 60.3. The van der Waals surface area contributed by atoms with Crippen LogP contribution in [0.15, 0.2) is 47.4 Å². The molecule has 2 unspecified atom stereocenters. The molecule has 0 aliphatic carbocycles. The summed E-state index contributed by atoms with van der Waals surface area (Å²) in [6, 6.07) is 9.68. The topological polar surface area (TPSA) is 75.7 Å². The van der Waals surface area contributed by atoms with Crippen molar-refractivity contribution < 1.29 is 26.7 Å². The monoisotopic (exact) mass is 452 g/mol. The van der Waals surface area contributed by atoms with Gasteiger partial charge < -0.3 is 4.74 Å². The predicted octanol–water partition coefficient (Wildman–Crippen LogP) is 3.35. The maximum Gasteiger partial charge on any atom is 0.305 e. The van der Waals surface area contributed by atoms with Crippen LogP contribution in [0.5, 0.6) is 0 Å². The minimum Gasteiger partial charge on any atom is -0.469 e. The Morgan fingerprint density at radius 3 is 2.55 bits per heavy atom. The van der Waals surface area contributed by atoms with Gasteiger partial charge in [0.2, 0.25) is 10.0 Å². The zero-order valence-electron chi connectivity index (χ0n) is 17.5. The average molecular weight is 453 g/mol. The highest BCUT2D eigenvalue weighted by Crippen LogP contribution is 2.27. The maximum absolute atomic E-state index is 13.6. The molecule has 0 aromatic heterocycles. The van der Waals surface area contributed by atoms with Gasteiger partial charge in [-0.05, 0) is 67.1 Å². The molecule has 1 heterocycles. The van der Waals surface area contributed by atoms with Crippen LogP contribution in [0.4, 0.5) is 8.78 Å². The number of piperidine rings is 1. The van der Waals surface area contributed by atoms with E-state index in [4.69, 9.17) is 4.74 Å². The Kier molecular flexibility index (Phi) is 7.40. The van der Waals surface area contributed by atoms with Crippen LogP contribution < -0.4 is 4.72 Å². The van der Waals surface area contributed by atoms with E-state index in [0.717, 1.165) is 11.6 Å². The molecule has 2 aromatic rings. The number of nitrogens with one attached hydrogen (secondary N) is 1. The average Bonchev–Trinajstić information content (AvgIpc) is 2.73. The Labute approximate surface area is 181 Å². The molecule has 0 spiro atoms. The van der Waals surface area contributed by atoms with Gasteiger partial charge in [0.05, 0.1) is 18.2 Å². The number of aryl methyl sites for hydroxylation is 1. The van der Waals surface area contributed by atoms with Gasteiger partial charge in [0.1, 0.15) is 11.6 Å². The van der Waals surface area contributed by atoms with Gasteiger partial charge in [-0.2, -0.15) is 4.72 Å². The van der Waals surface area contributed by atoms with Gasteiger partial charge in [0.25, 0.3) is 0 Å². The van der Waals surface area contributed by atoms with Crippen molar-refractivity contribution in [1.82, 2.24) is 9.62 Å². The molecule has 1 fully saturated rings. The molecule has 1 N–H and O–H groups in total. The minimum atomic E-state index is -3.92. The zero-order valence-corrected chi connectivity index (χ0v) is 18.3. The van der Waals surface area contributed by atoms with Gasteiger partial charge in [0, 0.05) is 19.5 Å². The largest absolute Gasteiger partial charge is 0.469 e. The van der Waals surface area contributed by atoms with Crippen molar-refractivity contribution in [3.63, 3.8) is 0 Å². The number of carbonyl (C=O) groups excluding carboxylic acids is 1. The van der Waals surface area contributed by atoms with Crippen molar-refractivity contribution in [2.75, 3.05) is 13.7 Å². The maximum atomic E-state index is 13.6. The van der Waals surface area contributed by atoms with Gasteiger partial charge >= 0.3 is 5.97 Å². The van der Waals surface area contributed by atoms with Gasteiger partial charge in [0.15, 0.2) is 0 Å². The quantitative estimate of drug-likeness (QED) is 0.652. The lowest BCUT2D eigenvalue weighted by molar-refractivity contribution is -0.142. The first-order chi connectivity index (χ1) is 14.7. The minimum absolute atomic E-state index is 0.0248. The van der Waals surface area contributed by atoms with E-state index < -0.39 is 22.0 Å². The lowest BCUT2D eigenvalue weighted by atomic mass is 9.91. The fourth-order valence-corrected chi connectivity index (χ4v) is 5.08. The SMILES string of the molecule is COC(=O)CC1CCN(Cc2ccc(F)cc2)C(NS(=O)(=O)c2ccc(F)c(C)c2)C1. The van der Waals surface area contributed by atoms with Gasteiger partial charge in [-0.3, -0.25) is 9.69 Å². The third-order valence-corrected chi connectivity index (χ3v) is 6.99. The van der Waals surface area contributed by atoms with E-state index in [1.807, 2.05) is 4.90 Å². The standard InChI is InChI=1S/C22H26F2N2O4S/c1-15-11-19(7-8-20(15)24)31(28,29)25-21-12-17(13-22(27)30-2)9-10-26(21)14-16-3-5-18(23)6-4-16/h3-8,11,17,21,25H,9-10,12-14H2,1-2H3. The molecule has 1 aliphatic rings. The van der Waals surface area contributed by atoms with E-state index in [0.29, 0.717) is 25.9 Å². The molecule has 9 heteroatoms. The molecule has 1 aliphatic heterocycles. The highest BCUT2D eigenvalue weighted by molar-refractivity contribution is 7.89. The number of esters is 1. The fraction of sp³-hybridized carbons (Fsp3) is 0.409. The molecule has 1 saturated heterocycles. The number of likely N-dealkylation sites (tertiary alicyclic amines) is 1. The number of rotatable bonds is 7. The van der Waals surface area contributed by atoms with Crippen LogP contribution in [0.25, 0.3) is 0 Å². The molecule has 3 rings (SSSR count). The second kappa shape index (κ2) is 9.84. The molecule has 0 radical (unpaired) electrons. The van der Waals surface area contributed by atoms with Crippen LogP contribution in [-0.4, -0.2) is 39.1 Å². The highest BCUT2D eigenvalue weighted by Gasteiger charge is 2.33. The Hall–Kier alpha value is -2.36. The lowest BCUT2D eigenvalue weighted by Crippen LogP contribution is -2.52. The first kappa shape index (κ1) is 23.3. The Morgan fingerprint density at radius 1 is 1.19 bits per heavy atom. The van der Waals surface area contributed by atoms with Crippen molar-refractivity contribution in [3.05, 3.63) is 65.2 Å². The van der Waals surface area contributed by atoms with Crippen molar-refractivity contribution in [3.8, 4) is 0 Å². The van der Waals surface area contributed by atoms with Crippen LogP contribution >= 0.6 is 0 Å². The van der Waals surface area contributed by atoms with Crippen LogP contribution in [0.2, 0.25) is 0 Å². The molecule has 2 aromatic carbocycles. The summed E-state index contributed by atoms with van der Waals surface area (Å²) >= 11 is 0. The molecule has 0 bridgehead atoms. The van der Waals surface area contributed by atoms with E-state index in [9.17, 15) is 22.0 Å². The second-order valence-electron chi connectivity index (χ2n) is 7.82. The van der Waals surface area contributed by atoms with Crippen molar-refractivity contribution in [1.29, 1.82) is 0 Å². The van der Waals surface area contributed by atoms with Crippen molar-refractivity contribution >= 4 is 16.0 Å². The number of benzene rings is 2. The van der Waals surface area contributed by atoms with Crippen molar-refractivity contribution in [2.45, 2.75) is 43.8 Å². The van der Waals surface area contributed by atoms with E-state index in [2.05, 4.69) is 4.72 Å². The summed E-state index contributed by atoms with van der Waals surface area (Å²) in [6.45, 7) is 2.47. The number of hydrogen-bond acceptors (Lipinski definition) is 5. The van der Waals surface area contributed by atoms with E-state index in [1.54, 1.807) is 12.1 Å². The molecule has 168 valence electrons. The van der Waals surface area contributed by atoms with Gasteiger partial charge in [-0.1, -0.05) is 12.1 Å². The second-order valence-corrected chi connectivity index (χ2v) is 9.53. The Bertz CT molecular complexity index is 1030. The fourth-order valence-electron chi connectivity index (χ4n) is 3.76. The normalized spacial score (nSPS) is 19.9. The molecular formula is C22H26F2N2O4S. The van der Waals surface area contributed by atoms with E-state index in [-0.39, 0.29) is 34.6 Å². The highest BCUT2D eigenvalue weighted by atomic mass is 32.2. The smallest absolute Gasteiger partial charge is 0.305 e. The van der Waals surface area contributed by atoms with E-state index >= 15 is 0 Å². The number of halogens is 2. The summed E-state index contributed by atoms with van der Waals surface area (Å²) in [6.07, 6.45) is 0.734. The number of carbonyl (C=O) groups is 1. The Balaban J connectivity index is 1.82. The third-order valence-electron chi connectivity index (χ3n) is 5.53. The van der Waals surface area contributed by atoms with Crippen LogP contribution in [0, 0.1) is 24.5 Å². The number of methoxy groups -OCH3 is 1. The first-order valence-corrected chi connectivity index (χ1v) is 11.5. The Morgan fingerprint density at radius 2 is 1.90 bits per heavy atom. The van der Waals surface area contributed by atoms with Crippen molar-refractivity contribution in [2.24, 2.45) is 5.92 Å². The summed E-state index contributed by atoms with van der Waals surface area (Å²) in [7, 11) is -2.60. The zero-order chi connectivity index (χ0) is 22.6. The van der Waals surface area contributed by atoms with Crippen LogP contribution in [-0.2, 0) is 26.1 Å². The molecule has 0 saturated carbocycles. The number of nitrogens with zero attached hydrogens (tertiary/aromatic N) is 1. The predicted molar refractivity (Wildman–Crippen MR) is 111 cm³/mol. The number of sulfonamides is 1. The van der Waals surface area contributed by atoms with Gasteiger partial charge in [-0.15, -0.1) is 0 Å². The summed E-state index contributed by atoms with van der Waals surface area (Å²) in [4.78, 5) is 13.7. The van der Waals surface area contributed by atoms with Gasteiger partial charge in [-0.25, -0.2) is 17.2 Å². The molecule has 31 heavy (non-hydrogen) atoms. The molecule has 0 amide bonds. The summed E-state index contributed by atoms with van der Waals surface area (Å²) in [5, 5.41) is 0. The lowest BCUT2D eigenvalue weighted by Gasteiger charge is -2.39. The number of hydrogen-bond donors (Lipinski definition) is 1. The van der Waals surface area contributed by atoms with Crippen LogP contribution in [0.1, 0.15) is 30.4 Å². The van der Waals surface area contributed by atoms with Crippen LogP contribution in [0.3, 0.4) is 0 Å². The number of ether oxygens (including phenoxy) is 1. The molecular weight excluding hydrogens is 426 g/mol. The molecule has 2 atom stereocenters. The first-order valence-electron chi connectivity index (χ1n) is 10.0. The summed E-state index contributed by atoms with van der Waals surface area (Å²) in [5.74, 6) is -1.20.